The molecule has 1 aromatic carbocycles. The Morgan fingerprint density at radius 2 is 1.87 bits per heavy atom. The quantitative estimate of drug-likeness (QED) is 0.513. The topological polar surface area (TPSA) is 118 Å². The van der Waals surface area contributed by atoms with E-state index in [0.29, 0.717) is 71.7 Å². The molecule has 3 heterocycles. The first-order valence-corrected chi connectivity index (χ1v) is 9.79. The van der Waals surface area contributed by atoms with Gasteiger partial charge in [0.25, 0.3) is 0 Å². The van der Waals surface area contributed by atoms with Gasteiger partial charge in [-0.15, -0.1) is 0 Å². The lowest BCUT2D eigenvalue weighted by Gasteiger charge is -2.15. The molecule has 0 radical (unpaired) electrons. The molecule has 2 aromatic heterocycles. The van der Waals surface area contributed by atoms with Crippen molar-refractivity contribution in [1.29, 1.82) is 0 Å². The normalized spacial score (nSPS) is 15.1. The van der Waals surface area contributed by atoms with Gasteiger partial charge in [0.1, 0.15) is 30.5 Å². The van der Waals surface area contributed by atoms with Gasteiger partial charge in [-0.05, 0) is 13.0 Å². The third-order valence-electron chi connectivity index (χ3n) is 4.89. The molecule has 31 heavy (non-hydrogen) atoms. The zero-order chi connectivity index (χ0) is 21.8. The number of hydrogen-bond donors (Lipinski definition) is 1. The van der Waals surface area contributed by atoms with Crippen molar-refractivity contribution in [1.82, 2.24) is 19.9 Å². The van der Waals surface area contributed by atoms with Gasteiger partial charge in [0, 0.05) is 30.3 Å². The van der Waals surface area contributed by atoms with Crippen LogP contribution in [0, 0.1) is 6.92 Å². The molecule has 10 nitrogen and oxygen atoms in total. The second-order valence-electron chi connectivity index (χ2n) is 6.88. The van der Waals surface area contributed by atoms with Crippen LogP contribution in [-0.2, 0) is 14.3 Å². The molecule has 1 aliphatic heterocycles. The lowest BCUT2D eigenvalue weighted by Crippen LogP contribution is -2.15. The molecule has 1 aliphatic rings. The molecule has 0 saturated heterocycles. The van der Waals surface area contributed by atoms with E-state index in [1.807, 2.05) is 0 Å². The number of carbonyl (C=O) groups is 1. The lowest BCUT2D eigenvalue weighted by atomic mass is 9.96. The average Bonchev–Trinajstić information content (AvgIpc) is 3.09. The van der Waals surface area contributed by atoms with Crippen molar-refractivity contribution in [3.05, 3.63) is 41.7 Å². The van der Waals surface area contributed by atoms with E-state index in [1.165, 1.54) is 6.33 Å². The van der Waals surface area contributed by atoms with Crippen LogP contribution in [0.2, 0.25) is 0 Å². The van der Waals surface area contributed by atoms with E-state index in [-0.39, 0.29) is 5.91 Å². The highest BCUT2D eigenvalue weighted by Crippen LogP contribution is 2.39. The number of nitrogens with one attached hydrogen (secondary N) is 1. The van der Waals surface area contributed by atoms with Crippen LogP contribution in [0.25, 0.3) is 10.9 Å². The van der Waals surface area contributed by atoms with Crippen molar-refractivity contribution in [3.8, 4) is 11.5 Å². The summed E-state index contributed by atoms with van der Waals surface area (Å²) in [7, 11) is 3.18. The second kappa shape index (κ2) is 9.19. The molecule has 0 fully saturated rings. The SMILES string of the molecule is COCCOCCOc1cc2ncnc(C3C(=O)Nc4nc(C)ncc43)c2cc1OC. The van der Waals surface area contributed by atoms with Crippen molar-refractivity contribution in [2.75, 3.05) is 46.0 Å². The molecule has 1 atom stereocenters. The number of benzene rings is 1. The van der Waals surface area contributed by atoms with E-state index in [9.17, 15) is 4.79 Å². The van der Waals surface area contributed by atoms with Gasteiger partial charge in [-0.1, -0.05) is 0 Å². The highest BCUT2D eigenvalue weighted by molar-refractivity contribution is 6.05. The standard InChI is InChI=1S/C21H23N5O5/c1-12-22-10-14-18(21(27)26-20(14)25-12)19-13-8-16(29-3)17(9-15(13)23-11-24-19)31-7-6-30-5-4-28-2/h8-11,18H,4-7H2,1-3H3,(H,22,25,26,27). The van der Waals surface area contributed by atoms with E-state index in [0.717, 1.165) is 0 Å². The maximum atomic E-state index is 12.7. The number of anilines is 1. The Kier molecular flexibility index (Phi) is 6.19. The molecule has 4 rings (SSSR count). The molecule has 1 unspecified atom stereocenters. The van der Waals surface area contributed by atoms with Crippen LogP contribution in [0.5, 0.6) is 11.5 Å². The molecule has 1 amide bonds. The third kappa shape index (κ3) is 4.25. The Balaban J connectivity index is 1.64. The number of carbonyl (C=O) groups excluding carboxylic acids is 1. The Morgan fingerprint density at radius 3 is 2.68 bits per heavy atom. The monoisotopic (exact) mass is 425 g/mol. The fourth-order valence-electron chi connectivity index (χ4n) is 3.43. The largest absolute Gasteiger partial charge is 0.493 e. The zero-order valence-corrected chi connectivity index (χ0v) is 17.5. The number of rotatable bonds is 9. The highest BCUT2D eigenvalue weighted by Gasteiger charge is 2.36. The van der Waals surface area contributed by atoms with Gasteiger partial charge in [-0.25, -0.2) is 19.9 Å². The average molecular weight is 425 g/mol. The minimum absolute atomic E-state index is 0.206. The van der Waals surface area contributed by atoms with E-state index in [2.05, 4.69) is 25.3 Å². The molecular formula is C21H23N5O5. The molecule has 0 saturated carbocycles. The van der Waals surface area contributed by atoms with Gasteiger partial charge < -0.3 is 24.3 Å². The molecule has 0 spiro atoms. The fourth-order valence-corrected chi connectivity index (χ4v) is 3.43. The van der Waals surface area contributed by atoms with Crippen molar-refractivity contribution in [2.24, 2.45) is 0 Å². The van der Waals surface area contributed by atoms with Crippen molar-refractivity contribution in [3.63, 3.8) is 0 Å². The Bertz CT molecular complexity index is 1110. The highest BCUT2D eigenvalue weighted by atomic mass is 16.5. The zero-order valence-electron chi connectivity index (χ0n) is 17.5. The van der Waals surface area contributed by atoms with E-state index in [4.69, 9.17) is 18.9 Å². The van der Waals surface area contributed by atoms with Gasteiger partial charge in [0.05, 0.1) is 38.1 Å². The van der Waals surface area contributed by atoms with E-state index in [1.54, 1.807) is 39.5 Å². The summed E-state index contributed by atoms with van der Waals surface area (Å²) in [5.74, 6) is 1.30. The van der Waals surface area contributed by atoms with Crippen LogP contribution < -0.4 is 14.8 Å². The first-order valence-electron chi connectivity index (χ1n) is 9.79. The molecule has 10 heteroatoms. The number of amides is 1. The number of fused-ring (bicyclic) bond motifs is 2. The predicted octanol–water partition coefficient (Wildman–Crippen LogP) is 1.86. The first-order chi connectivity index (χ1) is 15.1. The Labute approximate surface area is 178 Å². The number of ether oxygens (including phenoxy) is 4. The summed E-state index contributed by atoms with van der Waals surface area (Å²) in [4.78, 5) is 30.1. The van der Waals surface area contributed by atoms with Gasteiger partial charge in [0.2, 0.25) is 5.91 Å². The van der Waals surface area contributed by atoms with Crippen molar-refractivity contribution < 1.29 is 23.7 Å². The second-order valence-corrected chi connectivity index (χ2v) is 6.88. The number of methoxy groups -OCH3 is 2. The van der Waals surface area contributed by atoms with Gasteiger partial charge in [-0.2, -0.15) is 0 Å². The van der Waals surface area contributed by atoms with Crippen LogP contribution in [0.1, 0.15) is 23.0 Å². The molecular weight excluding hydrogens is 402 g/mol. The summed E-state index contributed by atoms with van der Waals surface area (Å²) < 4.78 is 21.7. The summed E-state index contributed by atoms with van der Waals surface area (Å²) in [6.45, 7) is 3.56. The van der Waals surface area contributed by atoms with E-state index >= 15 is 0 Å². The molecule has 1 N–H and O–H groups in total. The van der Waals surface area contributed by atoms with Crippen LogP contribution in [-0.4, -0.2) is 66.5 Å². The molecule has 0 aliphatic carbocycles. The smallest absolute Gasteiger partial charge is 0.239 e. The molecule has 3 aromatic rings. The third-order valence-corrected chi connectivity index (χ3v) is 4.89. The van der Waals surface area contributed by atoms with Gasteiger partial charge in [-0.3, -0.25) is 4.79 Å². The minimum Gasteiger partial charge on any atom is -0.493 e. The maximum Gasteiger partial charge on any atom is 0.239 e. The number of aryl methyl sites for hydroxylation is 1. The fraction of sp³-hybridized carbons (Fsp3) is 0.381. The first kappa shape index (κ1) is 20.9. The van der Waals surface area contributed by atoms with Gasteiger partial charge >= 0.3 is 0 Å². The van der Waals surface area contributed by atoms with Crippen LogP contribution in [0.15, 0.2) is 24.7 Å². The van der Waals surface area contributed by atoms with E-state index < -0.39 is 5.92 Å². The summed E-state index contributed by atoms with van der Waals surface area (Å²) in [6.07, 6.45) is 3.09. The van der Waals surface area contributed by atoms with Crippen molar-refractivity contribution in [2.45, 2.75) is 12.8 Å². The van der Waals surface area contributed by atoms with Crippen LogP contribution in [0.3, 0.4) is 0 Å². The van der Waals surface area contributed by atoms with Crippen LogP contribution in [0.4, 0.5) is 5.82 Å². The number of nitrogens with zero attached hydrogens (tertiary/aromatic N) is 4. The number of aromatic nitrogens is 4. The summed E-state index contributed by atoms with van der Waals surface area (Å²) in [5.41, 5.74) is 1.87. The maximum absolute atomic E-state index is 12.7. The Morgan fingerprint density at radius 1 is 1.03 bits per heavy atom. The van der Waals surface area contributed by atoms with Crippen molar-refractivity contribution >= 4 is 22.6 Å². The van der Waals surface area contributed by atoms with Gasteiger partial charge in [0.15, 0.2) is 11.5 Å². The molecule has 162 valence electrons. The van der Waals surface area contributed by atoms with Crippen LogP contribution >= 0.6 is 0 Å². The summed E-state index contributed by atoms with van der Waals surface area (Å²) in [6, 6.07) is 3.56. The predicted molar refractivity (Wildman–Crippen MR) is 112 cm³/mol. The minimum atomic E-state index is -0.633. The molecule has 0 bridgehead atoms. The Hall–Kier alpha value is -3.37. The summed E-state index contributed by atoms with van der Waals surface area (Å²) >= 11 is 0. The lowest BCUT2D eigenvalue weighted by molar-refractivity contribution is -0.116. The summed E-state index contributed by atoms with van der Waals surface area (Å²) in [5, 5.41) is 3.50. The number of hydrogen-bond acceptors (Lipinski definition) is 9.